The van der Waals surface area contributed by atoms with Crippen molar-refractivity contribution in [2.75, 3.05) is 0 Å². The lowest BCUT2D eigenvalue weighted by Crippen LogP contribution is -2.28. The number of nitrogens with zero attached hydrogens (tertiary/aromatic N) is 3. The Morgan fingerprint density at radius 1 is 0.472 bits per heavy atom. The van der Waals surface area contributed by atoms with Crippen LogP contribution in [0.25, 0.3) is 72.4 Å². The number of hydrogen-bond acceptors (Lipinski definition) is 3. The van der Waals surface area contributed by atoms with Gasteiger partial charge in [-0.05, 0) is 121 Å². The molecule has 0 atom stereocenters. The van der Waals surface area contributed by atoms with E-state index in [0.29, 0.717) is 0 Å². The van der Waals surface area contributed by atoms with Crippen LogP contribution in [0.1, 0.15) is 22.3 Å². The number of benzene rings is 6. The van der Waals surface area contributed by atoms with Gasteiger partial charge in [0.1, 0.15) is 16.7 Å². The second-order valence-electron chi connectivity index (χ2n) is 13.8. The van der Waals surface area contributed by atoms with Crippen molar-refractivity contribution in [3.63, 3.8) is 0 Å². The van der Waals surface area contributed by atoms with Crippen LogP contribution in [0.5, 0.6) is 0 Å². The molecule has 0 radical (unpaired) electrons. The minimum Gasteiger partial charge on any atom is -0.437 e. The lowest BCUT2D eigenvalue weighted by atomic mass is 9.67. The van der Waals surface area contributed by atoms with Gasteiger partial charge in [0.25, 0.3) is 0 Å². The van der Waals surface area contributed by atoms with Gasteiger partial charge < -0.3 is 4.42 Å². The summed E-state index contributed by atoms with van der Waals surface area (Å²) >= 11 is 0. The molecule has 4 nitrogen and oxygen atoms in total. The van der Waals surface area contributed by atoms with Crippen molar-refractivity contribution in [1.29, 1.82) is 0 Å². The molecule has 4 aromatic heterocycles. The highest BCUT2D eigenvalue weighted by Crippen LogP contribution is 2.57. The predicted octanol–water partition coefficient (Wildman–Crippen LogP) is 12.0. The molecule has 0 N–H and O–H groups in total. The van der Waals surface area contributed by atoms with Crippen molar-refractivity contribution in [2.45, 2.75) is 5.41 Å². The van der Waals surface area contributed by atoms with Crippen LogP contribution in [0.3, 0.4) is 0 Å². The molecule has 0 saturated carbocycles. The topological polar surface area (TPSA) is 43.3 Å². The lowest BCUT2D eigenvalue weighted by Gasteiger charge is -2.34. The molecule has 0 spiro atoms. The van der Waals surface area contributed by atoms with Gasteiger partial charge in [-0.25, -0.2) is 4.98 Å². The number of pyridine rings is 2. The number of hydrogen-bond donors (Lipinski definition) is 0. The van der Waals surface area contributed by atoms with E-state index in [-0.39, 0.29) is 0 Å². The van der Waals surface area contributed by atoms with Crippen LogP contribution in [-0.4, -0.2) is 14.4 Å². The Morgan fingerprint density at radius 2 is 1.06 bits per heavy atom. The van der Waals surface area contributed by atoms with E-state index in [9.17, 15) is 0 Å². The number of furan rings is 1. The lowest BCUT2D eigenvalue weighted by molar-refractivity contribution is 0.649. The Bertz CT molecular complexity index is 2960. The third-order valence-corrected chi connectivity index (χ3v) is 11.0. The Kier molecular flexibility index (Phi) is 6.43. The van der Waals surface area contributed by atoms with Crippen LogP contribution in [0, 0.1) is 0 Å². The van der Waals surface area contributed by atoms with Gasteiger partial charge in [-0.1, -0.05) is 115 Å². The molecular formula is C49H31N3O. The summed E-state index contributed by atoms with van der Waals surface area (Å²) in [5.41, 5.74) is 17.3. The van der Waals surface area contributed by atoms with Crippen molar-refractivity contribution >= 4 is 27.8 Å². The molecule has 0 fully saturated rings. The molecule has 248 valence electrons. The normalized spacial score (nSPS) is 13.1. The average molecular weight is 678 g/mol. The minimum absolute atomic E-state index is 0.520. The van der Waals surface area contributed by atoms with Crippen LogP contribution in [0.2, 0.25) is 0 Å². The molecule has 0 unspecified atom stereocenters. The number of imidazole rings is 1. The van der Waals surface area contributed by atoms with Crippen molar-refractivity contribution in [1.82, 2.24) is 14.4 Å². The van der Waals surface area contributed by atoms with E-state index in [1.807, 2.05) is 30.6 Å². The summed E-state index contributed by atoms with van der Waals surface area (Å²) in [5.74, 6) is 0. The smallest absolute Gasteiger partial charge is 0.232 e. The fraction of sp³-hybridized carbons (Fsp3) is 0.0204. The van der Waals surface area contributed by atoms with E-state index in [4.69, 9.17) is 9.40 Å². The summed E-state index contributed by atoms with van der Waals surface area (Å²) in [6, 6.07) is 61.3. The van der Waals surface area contributed by atoms with Crippen molar-refractivity contribution < 1.29 is 4.42 Å². The monoisotopic (exact) mass is 677 g/mol. The Balaban J connectivity index is 1.09. The summed E-state index contributed by atoms with van der Waals surface area (Å²) in [5, 5.41) is 1.03. The molecule has 11 rings (SSSR count). The maximum Gasteiger partial charge on any atom is 0.232 e. The van der Waals surface area contributed by atoms with E-state index < -0.39 is 5.41 Å². The summed E-state index contributed by atoms with van der Waals surface area (Å²) in [7, 11) is 0. The van der Waals surface area contributed by atoms with Crippen LogP contribution >= 0.6 is 0 Å². The molecule has 0 bridgehead atoms. The SMILES string of the molecule is c1ccc(C2(c3ccccc3)c3cc(-c4ccncc4)ccc3-c3ccc(-c4cccc(-c5ccc6nc7c8ccccc8oc7n6c5)c4)cc32)cc1. The molecule has 0 saturated heterocycles. The standard InChI is InChI=1S/C49H31N3O/c1-3-12-38(13-4-1)49(39-14-5-2-6-15-39)43-29-35(32-24-26-50-27-25-32)18-21-40(43)41-22-19-36(30-44(41)49)33-10-9-11-34(28-33)37-20-23-46-51-47-42-16-7-8-17-45(42)53-48(47)52(46)31-37/h1-31H. The molecule has 53 heavy (non-hydrogen) atoms. The number of aromatic nitrogens is 3. The predicted molar refractivity (Wildman–Crippen MR) is 214 cm³/mol. The minimum atomic E-state index is -0.520. The fourth-order valence-corrected chi connectivity index (χ4v) is 8.59. The van der Waals surface area contributed by atoms with Gasteiger partial charge >= 0.3 is 0 Å². The highest BCUT2D eigenvalue weighted by atomic mass is 16.3. The van der Waals surface area contributed by atoms with Crippen molar-refractivity contribution in [3.8, 4) is 44.5 Å². The number of fused-ring (bicyclic) bond motifs is 8. The number of rotatable bonds is 5. The molecular weight excluding hydrogens is 647 g/mol. The van der Waals surface area contributed by atoms with Gasteiger partial charge in [-0.2, -0.15) is 0 Å². The van der Waals surface area contributed by atoms with Crippen LogP contribution in [0.15, 0.2) is 193 Å². The van der Waals surface area contributed by atoms with Gasteiger partial charge in [0.2, 0.25) is 5.71 Å². The molecule has 0 amide bonds. The maximum absolute atomic E-state index is 6.28. The van der Waals surface area contributed by atoms with Crippen LogP contribution in [-0.2, 0) is 5.41 Å². The summed E-state index contributed by atoms with van der Waals surface area (Å²) in [6.45, 7) is 0. The molecule has 6 aromatic carbocycles. The number of para-hydroxylation sites is 1. The fourth-order valence-electron chi connectivity index (χ4n) is 8.59. The van der Waals surface area contributed by atoms with Crippen LogP contribution < -0.4 is 0 Å². The summed E-state index contributed by atoms with van der Waals surface area (Å²) in [6.07, 6.45) is 5.88. The Labute approximate surface area is 306 Å². The maximum atomic E-state index is 6.28. The second-order valence-corrected chi connectivity index (χ2v) is 13.8. The quantitative estimate of drug-likeness (QED) is 0.182. The first-order chi connectivity index (χ1) is 26.3. The molecule has 4 heterocycles. The van der Waals surface area contributed by atoms with E-state index in [2.05, 4.69) is 167 Å². The zero-order chi connectivity index (χ0) is 34.9. The zero-order valence-corrected chi connectivity index (χ0v) is 28.6. The highest BCUT2D eigenvalue weighted by molar-refractivity contribution is 6.03. The first kappa shape index (κ1) is 29.7. The summed E-state index contributed by atoms with van der Waals surface area (Å²) in [4.78, 5) is 9.19. The van der Waals surface area contributed by atoms with Gasteiger partial charge in [0.15, 0.2) is 0 Å². The molecule has 4 heteroatoms. The molecule has 1 aliphatic rings. The molecule has 1 aliphatic carbocycles. The van der Waals surface area contributed by atoms with Gasteiger partial charge in [0.05, 0.1) is 5.41 Å². The van der Waals surface area contributed by atoms with E-state index >= 15 is 0 Å². The summed E-state index contributed by atoms with van der Waals surface area (Å²) < 4.78 is 8.35. The average Bonchev–Trinajstić information content (AvgIpc) is 3.88. The van der Waals surface area contributed by atoms with E-state index in [1.165, 1.54) is 44.5 Å². The molecule has 0 aliphatic heterocycles. The van der Waals surface area contributed by atoms with E-state index in [1.54, 1.807) is 0 Å². The van der Waals surface area contributed by atoms with Crippen LogP contribution in [0.4, 0.5) is 0 Å². The highest BCUT2D eigenvalue weighted by Gasteiger charge is 2.46. The largest absolute Gasteiger partial charge is 0.437 e. The zero-order valence-electron chi connectivity index (χ0n) is 28.6. The van der Waals surface area contributed by atoms with Crippen molar-refractivity contribution in [2.24, 2.45) is 0 Å². The third kappa shape index (κ3) is 4.42. The third-order valence-electron chi connectivity index (χ3n) is 11.0. The van der Waals surface area contributed by atoms with Gasteiger partial charge in [0, 0.05) is 24.0 Å². The van der Waals surface area contributed by atoms with E-state index in [0.717, 1.165) is 50.1 Å². The van der Waals surface area contributed by atoms with Crippen molar-refractivity contribution in [3.05, 3.63) is 211 Å². The first-order valence-corrected chi connectivity index (χ1v) is 18.0. The first-order valence-electron chi connectivity index (χ1n) is 18.0. The van der Waals surface area contributed by atoms with Gasteiger partial charge in [-0.15, -0.1) is 0 Å². The molecule has 10 aromatic rings. The Morgan fingerprint density at radius 3 is 1.75 bits per heavy atom. The second kappa shape index (κ2) is 11.5. The Hall–Kier alpha value is -7.04. The van der Waals surface area contributed by atoms with Gasteiger partial charge in [-0.3, -0.25) is 9.38 Å².